The second kappa shape index (κ2) is 4.40. The third-order valence-electron chi connectivity index (χ3n) is 2.80. The Balaban J connectivity index is 2.26. The molecule has 19 heavy (non-hydrogen) atoms. The number of hydrogen-bond donors (Lipinski definition) is 3. The summed E-state index contributed by atoms with van der Waals surface area (Å²) in [6, 6.07) is 4.74. The molecule has 5 nitrogen and oxygen atoms in total. The van der Waals surface area contributed by atoms with Gasteiger partial charge in [-0.2, -0.15) is 10.2 Å². The minimum atomic E-state index is -0.526. The molecule has 7 heteroatoms. The minimum absolute atomic E-state index is 0.0382. The number of nitrogens with one attached hydrogen (secondary N) is 2. The predicted octanol–water partition coefficient (Wildman–Crippen LogP) is 2.84. The highest BCUT2D eigenvalue weighted by molar-refractivity contribution is 6.31. The molecule has 3 rings (SSSR count). The Hall–Kier alpha value is -2.34. The number of H-pyrrole nitrogens is 2. The van der Waals surface area contributed by atoms with Gasteiger partial charge in [-0.1, -0.05) is 23.7 Å². The number of nitrogen functional groups attached to an aromatic ring is 1. The molecule has 2 heterocycles. The highest BCUT2D eigenvalue weighted by Crippen LogP contribution is 2.37. The number of benzene rings is 1. The van der Waals surface area contributed by atoms with Gasteiger partial charge in [0.15, 0.2) is 5.82 Å². The molecule has 0 unspecified atom stereocenters. The standard InChI is InChI=1S/C12H9ClFN5/c13-8-3-1-2-7(10(8)14)9-11(18-19-12(9)15)6-4-16-17-5-6/h1-5H,(H,16,17)(H3,15,18,19). The van der Waals surface area contributed by atoms with Crippen molar-refractivity contribution < 1.29 is 4.39 Å². The minimum Gasteiger partial charge on any atom is -0.382 e. The second-order valence-corrected chi connectivity index (χ2v) is 4.35. The molecule has 0 aliphatic heterocycles. The van der Waals surface area contributed by atoms with Crippen molar-refractivity contribution in [1.29, 1.82) is 0 Å². The van der Waals surface area contributed by atoms with Crippen molar-refractivity contribution in [2.24, 2.45) is 0 Å². The summed E-state index contributed by atoms with van der Waals surface area (Å²) in [6.07, 6.45) is 3.26. The topological polar surface area (TPSA) is 83.4 Å². The van der Waals surface area contributed by atoms with Gasteiger partial charge in [0.1, 0.15) is 5.82 Å². The fourth-order valence-corrected chi connectivity index (χ4v) is 2.10. The van der Waals surface area contributed by atoms with Crippen LogP contribution in [0.4, 0.5) is 10.2 Å². The van der Waals surface area contributed by atoms with Gasteiger partial charge in [-0.25, -0.2) is 4.39 Å². The van der Waals surface area contributed by atoms with Crippen LogP contribution in [0.1, 0.15) is 0 Å². The molecule has 0 fully saturated rings. The van der Waals surface area contributed by atoms with Gasteiger partial charge in [-0.15, -0.1) is 0 Å². The highest BCUT2D eigenvalue weighted by Gasteiger charge is 2.19. The maximum absolute atomic E-state index is 14.1. The lowest BCUT2D eigenvalue weighted by Crippen LogP contribution is -1.92. The molecule has 4 N–H and O–H groups in total. The zero-order valence-corrected chi connectivity index (χ0v) is 10.4. The van der Waals surface area contributed by atoms with E-state index in [0.29, 0.717) is 16.8 Å². The van der Waals surface area contributed by atoms with Gasteiger partial charge in [0.2, 0.25) is 0 Å². The van der Waals surface area contributed by atoms with Crippen molar-refractivity contribution in [3.8, 4) is 22.4 Å². The zero-order chi connectivity index (χ0) is 13.4. The van der Waals surface area contributed by atoms with Crippen molar-refractivity contribution in [3.05, 3.63) is 41.4 Å². The number of aromatic nitrogens is 4. The van der Waals surface area contributed by atoms with Crippen LogP contribution in [0.2, 0.25) is 5.02 Å². The first-order valence-electron chi connectivity index (χ1n) is 5.46. The lowest BCUT2D eigenvalue weighted by molar-refractivity contribution is 0.632. The Morgan fingerprint density at radius 2 is 2.16 bits per heavy atom. The Labute approximate surface area is 112 Å². The van der Waals surface area contributed by atoms with E-state index in [1.54, 1.807) is 24.5 Å². The van der Waals surface area contributed by atoms with Crippen LogP contribution in [0, 0.1) is 5.82 Å². The van der Waals surface area contributed by atoms with Gasteiger partial charge in [0.05, 0.1) is 22.5 Å². The van der Waals surface area contributed by atoms with Gasteiger partial charge in [0, 0.05) is 17.3 Å². The lowest BCUT2D eigenvalue weighted by atomic mass is 10.0. The molecule has 0 saturated carbocycles. The Morgan fingerprint density at radius 3 is 2.89 bits per heavy atom. The van der Waals surface area contributed by atoms with Crippen LogP contribution in [-0.4, -0.2) is 20.4 Å². The van der Waals surface area contributed by atoms with Crippen LogP contribution >= 0.6 is 11.6 Å². The maximum atomic E-state index is 14.1. The molecule has 1 aromatic carbocycles. The predicted molar refractivity (Wildman–Crippen MR) is 71.0 cm³/mol. The molecule has 3 aromatic rings. The largest absolute Gasteiger partial charge is 0.382 e. The first kappa shape index (κ1) is 11.7. The molecule has 0 radical (unpaired) electrons. The fraction of sp³-hybridized carbons (Fsp3) is 0. The van der Waals surface area contributed by atoms with E-state index in [4.69, 9.17) is 17.3 Å². The van der Waals surface area contributed by atoms with Crippen LogP contribution in [0.5, 0.6) is 0 Å². The molecule has 0 amide bonds. The van der Waals surface area contributed by atoms with Crippen molar-refractivity contribution in [2.45, 2.75) is 0 Å². The number of rotatable bonds is 2. The van der Waals surface area contributed by atoms with E-state index in [9.17, 15) is 4.39 Å². The third-order valence-corrected chi connectivity index (χ3v) is 3.09. The molecule has 0 saturated heterocycles. The van der Waals surface area contributed by atoms with Crippen molar-refractivity contribution in [2.75, 3.05) is 5.73 Å². The fourth-order valence-electron chi connectivity index (χ4n) is 1.92. The molecule has 0 atom stereocenters. The molecule has 0 aliphatic rings. The first-order valence-corrected chi connectivity index (χ1v) is 5.83. The van der Waals surface area contributed by atoms with Crippen LogP contribution < -0.4 is 5.73 Å². The average molecular weight is 278 g/mol. The quantitative estimate of drug-likeness (QED) is 0.673. The van der Waals surface area contributed by atoms with E-state index in [-0.39, 0.29) is 10.8 Å². The first-order chi connectivity index (χ1) is 9.18. The SMILES string of the molecule is Nc1n[nH]c(-c2cn[nH]c2)c1-c1cccc(Cl)c1F. The molecule has 0 bridgehead atoms. The van der Waals surface area contributed by atoms with Gasteiger partial charge >= 0.3 is 0 Å². The molecule has 2 aromatic heterocycles. The molecule has 0 aliphatic carbocycles. The summed E-state index contributed by atoms with van der Waals surface area (Å²) < 4.78 is 14.1. The number of nitrogens with two attached hydrogens (primary N) is 1. The number of hydrogen-bond acceptors (Lipinski definition) is 3. The van der Waals surface area contributed by atoms with Crippen LogP contribution in [0.15, 0.2) is 30.6 Å². The zero-order valence-electron chi connectivity index (χ0n) is 9.61. The summed E-state index contributed by atoms with van der Waals surface area (Å²) in [6.45, 7) is 0. The Kier molecular flexibility index (Phi) is 2.72. The van der Waals surface area contributed by atoms with Crippen molar-refractivity contribution in [3.63, 3.8) is 0 Å². The lowest BCUT2D eigenvalue weighted by Gasteiger charge is -2.05. The van der Waals surface area contributed by atoms with E-state index in [1.165, 1.54) is 6.07 Å². The summed E-state index contributed by atoms with van der Waals surface area (Å²) >= 11 is 5.80. The van der Waals surface area contributed by atoms with Gasteiger partial charge in [-0.3, -0.25) is 10.2 Å². The Morgan fingerprint density at radius 1 is 1.32 bits per heavy atom. The summed E-state index contributed by atoms with van der Waals surface area (Å²) in [5.74, 6) is -0.320. The van der Waals surface area contributed by atoms with Gasteiger partial charge in [0.25, 0.3) is 0 Å². The molecular weight excluding hydrogens is 269 g/mol. The molecule has 96 valence electrons. The number of nitrogens with zero attached hydrogens (tertiary/aromatic N) is 2. The number of halogens is 2. The maximum Gasteiger partial charge on any atom is 0.153 e. The molecular formula is C12H9ClFN5. The van der Waals surface area contributed by atoms with Crippen LogP contribution in [0.25, 0.3) is 22.4 Å². The van der Waals surface area contributed by atoms with E-state index >= 15 is 0 Å². The summed E-state index contributed by atoms with van der Waals surface area (Å²) in [4.78, 5) is 0. The number of anilines is 1. The number of aromatic amines is 2. The van der Waals surface area contributed by atoms with E-state index in [0.717, 1.165) is 5.56 Å². The van der Waals surface area contributed by atoms with Crippen molar-refractivity contribution in [1.82, 2.24) is 20.4 Å². The average Bonchev–Trinajstić information content (AvgIpc) is 3.02. The smallest absolute Gasteiger partial charge is 0.153 e. The monoisotopic (exact) mass is 277 g/mol. The third kappa shape index (κ3) is 1.86. The summed E-state index contributed by atoms with van der Waals surface area (Å²) in [5, 5.41) is 13.3. The van der Waals surface area contributed by atoms with E-state index in [2.05, 4.69) is 20.4 Å². The van der Waals surface area contributed by atoms with E-state index < -0.39 is 5.82 Å². The Bertz CT molecular complexity index is 720. The van der Waals surface area contributed by atoms with Gasteiger partial charge in [-0.05, 0) is 6.07 Å². The van der Waals surface area contributed by atoms with Crippen molar-refractivity contribution >= 4 is 17.4 Å². The molecule has 0 spiro atoms. The van der Waals surface area contributed by atoms with Crippen LogP contribution in [-0.2, 0) is 0 Å². The normalized spacial score (nSPS) is 10.8. The summed E-state index contributed by atoms with van der Waals surface area (Å²) in [7, 11) is 0. The second-order valence-electron chi connectivity index (χ2n) is 3.95. The van der Waals surface area contributed by atoms with E-state index in [1.807, 2.05) is 0 Å². The van der Waals surface area contributed by atoms with Gasteiger partial charge < -0.3 is 5.73 Å². The van der Waals surface area contributed by atoms with Crippen LogP contribution in [0.3, 0.4) is 0 Å². The summed E-state index contributed by atoms with van der Waals surface area (Å²) in [5.41, 5.74) is 7.92. The highest BCUT2D eigenvalue weighted by atomic mass is 35.5.